The molecule has 4 saturated heterocycles. The van der Waals surface area contributed by atoms with Crippen LogP contribution in [-0.4, -0.2) is 161 Å². The average molecular weight is 1070 g/mol. The highest BCUT2D eigenvalue weighted by molar-refractivity contribution is 8.00. The van der Waals surface area contributed by atoms with E-state index in [1.54, 1.807) is 38.1 Å². The van der Waals surface area contributed by atoms with Gasteiger partial charge in [-0.05, 0) is 76.5 Å². The largest absolute Gasteiger partial charge is 0.495 e. The number of epoxide rings is 1. The van der Waals surface area contributed by atoms with Crippen LogP contribution in [0, 0.1) is 17.8 Å². The molecule has 4 bridgehead atoms. The number of halogens is 1. The SMILES string of the molecule is COc1cc2cc(c1Cl)N(C)C(=O)CC(OC(=O)[C@H](C)N(C)C(=O)CCSC1CC(=O)N(CC3CCC(C(=O)ON4C(=O)CCC4=O)CC3)C1=O)[C@]1(C)O[C@H]1[C@H](C)[C@@H]1C[C@@](O)(NC(=O)O1)[C@H](OC)/C=C/C=C(\C)C2. The molecule has 0 radical (unpaired) electrons. The molecule has 2 unspecified atom stereocenters. The highest BCUT2D eigenvalue weighted by Gasteiger charge is 2.64. The summed E-state index contributed by atoms with van der Waals surface area (Å²) in [7, 11) is 5.84. The Balaban J connectivity index is 0.986. The Morgan fingerprint density at radius 3 is 2.36 bits per heavy atom. The first kappa shape index (κ1) is 56.2. The van der Waals surface area contributed by atoms with Crippen molar-refractivity contribution in [3.8, 4) is 5.75 Å². The number of thioether (sulfide) groups is 1. The lowest BCUT2D eigenvalue weighted by Crippen LogP contribution is -2.63. The van der Waals surface area contributed by atoms with Crippen LogP contribution in [-0.2, 0) is 68.6 Å². The normalized spacial score (nSPS) is 32.2. The number of esters is 1. The van der Waals surface area contributed by atoms with E-state index in [0.717, 1.165) is 11.1 Å². The second kappa shape index (κ2) is 23.1. The number of hydrogen-bond acceptors (Lipinski definition) is 17. The number of methoxy groups -OCH3 is 2. The van der Waals surface area contributed by atoms with E-state index in [-0.39, 0.29) is 67.2 Å². The van der Waals surface area contributed by atoms with E-state index in [4.69, 9.17) is 40.1 Å². The summed E-state index contributed by atoms with van der Waals surface area (Å²) in [4.78, 5) is 127. The molecule has 2 N–H and O–H groups in total. The van der Waals surface area contributed by atoms with Crippen molar-refractivity contribution in [3.05, 3.63) is 46.5 Å². The van der Waals surface area contributed by atoms with Crippen LogP contribution < -0.4 is 15.0 Å². The molecule has 9 atom stereocenters. The van der Waals surface area contributed by atoms with E-state index in [9.17, 15) is 48.3 Å². The van der Waals surface area contributed by atoms with Crippen LogP contribution in [0.1, 0.15) is 97.5 Å². The van der Waals surface area contributed by atoms with Gasteiger partial charge in [-0.25, -0.2) is 14.4 Å². The van der Waals surface area contributed by atoms with Gasteiger partial charge in [-0.2, -0.15) is 0 Å². The number of carbonyl (C=O) groups excluding carboxylic acids is 9. The maximum absolute atomic E-state index is 14.4. The van der Waals surface area contributed by atoms with Gasteiger partial charge in [0.05, 0.1) is 36.5 Å². The molecule has 1 aliphatic carbocycles. The summed E-state index contributed by atoms with van der Waals surface area (Å²) in [5, 5.41) is 14.4. The topological polar surface area (TPSA) is 258 Å². The standard InChI is InChI=1S/C51H66ClN5O16S/c1-27-10-9-11-37(69-8)51(67)25-35(70-49(66)53-51)28(2)45-50(4,72-45)38(24-42(61)55(6)33-21-31(20-27)22-34(68-7)44(33)52)71-47(64)29(3)54(5)39(58)18-19-74-36-23-43(62)56(46(36)63)26-30-12-14-32(15-13-30)48(65)73-57-40(59)16-17-41(57)60/h9-11,21-22,28-30,32,35-38,45,67H,12-20,23-26H2,1-8H3,(H,53,66)/b11-9+,27-10+/t28-,29+,30?,32?,35+,36?,37-,38?,45+,50+,51+/m1/s1. The monoisotopic (exact) mass is 1070 g/mol. The second-order valence-corrected chi connectivity index (χ2v) is 22.0. The van der Waals surface area contributed by atoms with E-state index in [0.29, 0.717) is 48.6 Å². The molecule has 0 spiro atoms. The van der Waals surface area contributed by atoms with E-state index in [2.05, 4.69) is 5.32 Å². The highest BCUT2D eigenvalue weighted by atomic mass is 35.5. The predicted molar refractivity (Wildman–Crippen MR) is 266 cm³/mol. The number of likely N-dealkylation sites (tertiary alicyclic amines) is 1. The zero-order chi connectivity index (χ0) is 54.0. The third-order valence-electron chi connectivity index (χ3n) is 15.2. The Hall–Kier alpha value is -5.55. The number of nitrogens with one attached hydrogen (secondary N) is 1. The van der Waals surface area contributed by atoms with Crippen LogP contribution in [0.2, 0.25) is 5.02 Å². The Morgan fingerprint density at radius 1 is 1.01 bits per heavy atom. The number of benzene rings is 1. The molecule has 5 aliphatic heterocycles. The molecule has 0 aromatic heterocycles. The number of hydroxylamine groups is 2. The number of carbonyl (C=O) groups is 9. The molecule has 5 fully saturated rings. The van der Waals surface area contributed by atoms with Crippen molar-refractivity contribution < 1.29 is 76.8 Å². The number of nitrogens with zero attached hydrogens (tertiary/aromatic N) is 4. The first-order chi connectivity index (χ1) is 35.0. The molecule has 7 amide bonds. The molecule has 7 rings (SSSR count). The van der Waals surface area contributed by atoms with Crippen molar-refractivity contribution in [2.75, 3.05) is 45.5 Å². The van der Waals surface area contributed by atoms with Crippen molar-refractivity contribution in [2.45, 2.75) is 145 Å². The number of allylic oxidation sites excluding steroid dienone is 3. The summed E-state index contributed by atoms with van der Waals surface area (Å²) in [6, 6.07) is 2.36. The average Bonchev–Trinajstić information content (AvgIpc) is 3.87. The molecule has 1 aromatic carbocycles. The smallest absolute Gasteiger partial charge is 0.409 e. The number of fused-ring (bicyclic) bond motifs is 5. The van der Waals surface area contributed by atoms with Gasteiger partial charge in [0.15, 0.2) is 5.72 Å². The molecule has 21 nitrogen and oxygen atoms in total. The lowest BCUT2D eigenvalue weighted by atomic mass is 9.82. The molecule has 5 heterocycles. The summed E-state index contributed by atoms with van der Waals surface area (Å²) in [6.07, 6.45) is 2.04. The Labute approximate surface area is 438 Å². The van der Waals surface area contributed by atoms with Gasteiger partial charge in [0.25, 0.3) is 11.8 Å². The lowest BCUT2D eigenvalue weighted by molar-refractivity contribution is -0.201. The van der Waals surface area contributed by atoms with E-state index < -0.39 is 107 Å². The number of imide groups is 2. The van der Waals surface area contributed by atoms with Gasteiger partial charge in [0, 0.05) is 71.5 Å². The molecule has 404 valence electrons. The minimum absolute atomic E-state index is 0.00240. The third-order valence-corrected chi connectivity index (χ3v) is 16.8. The number of hydrogen-bond donors (Lipinski definition) is 2. The zero-order valence-corrected chi connectivity index (χ0v) is 44.5. The summed E-state index contributed by atoms with van der Waals surface area (Å²) >= 11 is 7.98. The Kier molecular flexibility index (Phi) is 17.6. The maximum atomic E-state index is 14.4. The summed E-state index contributed by atoms with van der Waals surface area (Å²) in [5.74, 6) is -4.93. The van der Waals surface area contributed by atoms with Crippen LogP contribution in [0.5, 0.6) is 5.75 Å². The van der Waals surface area contributed by atoms with Gasteiger partial charge < -0.3 is 43.4 Å². The van der Waals surface area contributed by atoms with Crippen molar-refractivity contribution in [1.82, 2.24) is 20.2 Å². The van der Waals surface area contributed by atoms with Crippen molar-refractivity contribution in [3.63, 3.8) is 0 Å². The second-order valence-electron chi connectivity index (χ2n) is 20.3. The zero-order valence-electron chi connectivity index (χ0n) is 42.9. The van der Waals surface area contributed by atoms with E-state index in [1.165, 1.54) is 61.7 Å². The van der Waals surface area contributed by atoms with Gasteiger partial charge >= 0.3 is 18.0 Å². The lowest BCUT2D eigenvalue weighted by Gasteiger charge is -2.42. The summed E-state index contributed by atoms with van der Waals surface area (Å²) in [6.45, 7) is 6.99. The van der Waals surface area contributed by atoms with Crippen LogP contribution in [0.25, 0.3) is 0 Å². The molecule has 23 heteroatoms. The molecular formula is C51H66ClN5O16S. The first-order valence-electron chi connectivity index (χ1n) is 24.9. The summed E-state index contributed by atoms with van der Waals surface area (Å²) < 4.78 is 29.4. The number of likely N-dealkylation sites (N-methyl/N-ethyl adjacent to an activating group) is 1. The third kappa shape index (κ3) is 12.2. The fourth-order valence-electron chi connectivity index (χ4n) is 10.3. The van der Waals surface area contributed by atoms with Crippen LogP contribution >= 0.6 is 23.4 Å². The van der Waals surface area contributed by atoms with Gasteiger partial charge in [-0.3, -0.25) is 39.0 Å². The Morgan fingerprint density at radius 2 is 1.70 bits per heavy atom. The fourth-order valence-corrected chi connectivity index (χ4v) is 11.7. The molecule has 6 aliphatic rings. The molecule has 74 heavy (non-hydrogen) atoms. The number of ether oxygens (including phenoxy) is 5. The van der Waals surface area contributed by atoms with Crippen LogP contribution in [0.4, 0.5) is 10.5 Å². The molecule has 1 aromatic rings. The number of anilines is 1. The van der Waals surface area contributed by atoms with E-state index >= 15 is 0 Å². The van der Waals surface area contributed by atoms with Crippen molar-refractivity contribution in [2.24, 2.45) is 17.8 Å². The van der Waals surface area contributed by atoms with Gasteiger partial charge in [0.2, 0.25) is 23.6 Å². The van der Waals surface area contributed by atoms with E-state index in [1.807, 2.05) is 13.0 Å². The highest BCUT2D eigenvalue weighted by Crippen LogP contribution is 2.49. The van der Waals surface area contributed by atoms with Gasteiger partial charge in [-0.15, -0.1) is 16.8 Å². The van der Waals surface area contributed by atoms with Gasteiger partial charge in [0.1, 0.15) is 40.7 Å². The summed E-state index contributed by atoms with van der Waals surface area (Å²) in [5.41, 5.74) is -1.23. The minimum atomic E-state index is -1.89. The molecular weight excluding hydrogens is 1010 g/mol. The first-order valence-corrected chi connectivity index (χ1v) is 26.3. The maximum Gasteiger partial charge on any atom is 0.409 e. The van der Waals surface area contributed by atoms with Crippen LogP contribution in [0.3, 0.4) is 0 Å². The number of amides is 7. The van der Waals surface area contributed by atoms with Crippen molar-refractivity contribution in [1.29, 1.82) is 0 Å². The van der Waals surface area contributed by atoms with Crippen LogP contribution in [0.15, 0.2) is 35.9 Å². The Bertz CT molecular complexity index is 2470. The predicted octanol–water partition coefficient (Wildman–Crippen LogP) is 4.18. The minimum Gasteiger partial charge on any atom is -0.495 e. The fraction of sp³-hybridized carbons (Fsp3) is 0.627. The van der Waals surface area contributed by atoms with Gasteiger partial charge in [-0.1, -0.05) is 42.3 Å². The quantitative estimate of drug-likeness (QED) is 0.160. The number of aliphatic hydroxyl groups is 1. The number of alkyl carbamates (subject to hydrolysis) is 1. The molecule has 1 saturated carbocycles. The van der Waals surface area contributed by atoms with Crippen molar-refractivity contribution >= 4 is 82.5 Å². The number of rotatable bonds is 13.